The zero-order valence-electron chi connectivity index (χ0n) is 12.2. The van der Waals surface area contributed by atoms with Crippen LogP contribution >= 0.6 is 27.7 Å². The Hall–Kier alpha value is -0.680. The molecule has 2 aliphatic rings. The second-order valence-electron chi connectivity index (χ2n) is 5.91. The van der Waals surface area contributed by atoms with Gasteiger partial charge in [-0.3, -0.25) is 4.99 Å². The first-order valence-electron chi connectivity index (χ1n) is 7.58. The van der Waals surface area contributed by atoms with Gasteiger partial charge >= 0.3 is 0 Å². The highest BCUT2D eigenvalue weighted by molar-refractivity contribution is 9.10. The highest BCUT2D eigenvalue weighted by atomic mass is 79.9. The maximum Gasteiger partial charge on any atom is 0.191 e. The summed E-state index contributed by atoms with van der Waals surface area (Å²) in [6.07, 6.45) is 3.74. The summed E-state index contributed by atoms with van der Waals surface area (Å²) in [4.78, 5) is 6.97. The van der Waals surface area contributed by atoms with Crippen LogP contribution in [0, 0.1) is 0 Å². The number of guanidine groups is 1. The lowest BCUT2D eigenvalue weighted by atomic mass is 9.64. The zero-order valence-corrected chi connectivity index (χ0v) is 14.6. The van der Waals surface area contributed by atoms with Gasteiger partial charge in [0.05, 0.1) is 6.54 Å². The number of halogens is 1. The van der Waals surface area contributed by atoms with Crippen LogP contribution in [0.5, 0.6) is 0 Å². The molecule has 0 amide bonds. The molecule has 21 heavy (non-hydrogen) atoms. The Balaban J connectivity index is 1.70. The van der Waals surface area contributed by atoms with E-state index in [2.05, 4.69) is 45.1 Å². The number of hydrogen-bond donors (Lipinski definition) is 1. The third-order valence-corrected chi connectivity index (χ3v) is 6.12. The molecule has 0 spiro atoms. The lowest BCUT2D eigenvalue weighted by molar-refractivity contribution is 0.252. The standard InChI is InChI=1S/C16H22BrN3S/c17-14-4-2-13(3-5-14)16(6-1-7-16)12-19-15(18)20-8-10-21-11-9-20/h2-5H,1,6-12H2,(H2,18,19). The molecule has 0 unspecified atom stereocenters. The first kappa shape index (κ1) is 15.2. The summed E-state index contributed by atoms with van der Waals surface area (Å²) in [7, 11) is 0. The maximum atomic E-state index is 6.20. The van der Waals surface area contributed by atoms with Gasteiger partial charge in [-0.15, -0.1) is 0 Å². The molecule has 0 radical (unpaired) electrons. The van der Waals surface area contributed by atoms with Gasteiger partial charge in [0.2, 0.25) is 0 Å². The van der Waals surface area contributed by atoms with Crippen LogP contribution in [0.3, 0.4) is 0 Å². The molecule has 0 bridgehead atoms. The Morgan fingerprint density at radius 2 is 1.90 bits per heavy atom. The van der Waals surface area contributed by atoms with Crippen LogP contribution in [0.4, 0.5) is 0 Å². The van der Waals surface area contributed by atoms with Crippen molar-refractivity contribution in [2.45, 2.75) is 24.7 Å². The molecule has 0 atom stereocenters. The molecule has 1 aromatic rings. The number of hydrogen-bond acceptors (Lipinski definition) is 2. The molecular weight excluding hydrogens is 346 g/mol. The van der Waals surface area contributed by atoms with Gasteiger partial charge < -0.3 is 10.6 Å². The number of rotatable bonds is 3. The predicted molar refractivity (Wildman–Crippen MR) is 95.1 cm³/mol. The SMILES string of the molecule is NC(=NCC1(c2ccc(Br)cc2)CCC1)N1CCSCC1. The van der Waals surface area contributed by atoms with Gasteiger partial charge in [0.25, 0.3) is 0 Å². The van der Waals surface area contributed by atoms with E-state index in [0.717, 1.165) is 41.6 Å². The zero-order chi connectivity index (χ0) is 14.7. The van der Waals surface area contributed by atoms with Crippen LogP contribution in [-0.2, 0) is 5.41 Å². The van der Waals surface area contributed by atoms with Crippen LogP contribution in [0.2, 0.25) is 0 Å². The van der Waals surface area contributed by atoms with E-state index in [0.29, 0.717) is 0 Å². The van der Waals surface area contributed by atoms with E-state index < -0.39 is 0 Å². The van der Waals surface area contributed by atoms with Gasteiger partial charge in [0.1, 0.15) is 0 Å². The fourth-order valence-corrected chi connectivity index (χ4v) is 4.24. The Bertz CT molecular complexity index is 505. The number of benzene rings is 1. The van der Waals surface area contributed by atoms with E-state index >= 15 is 0 Å². The Kier molecular flexibility index (Phi) is 4.79. The fourth-order valence-electron chi connectivity index (χ4n) is 3.07. The molecule has 1 aliphatic heterocycles. The fraction of sp³-hybridized carbons (Fsp3) is 0.562. The van der Waals surface area contributed by atoms with Gasteiger partial charge in [-0.25, -0.2) is 0 Å². The van der Waals surface area contributed by atoms with E-state index in [4.69, 9.17) is 10.7 Å². The van der Waals surface area contributed by atoms with E-state index in [-0.39, 0.29) is 5.41 Å². The summed E-state index contributed by atoms with van der Waals surface area (Å²) >= 11 is 5.51. The predicted octanol–water partition coefficient (Wildman–Crippen LogP) is 3.23. The first-order valence-corrected chi connectivity index (χ1v) is 9.53. The van der Waals surface area contributed by atoms with Gasteiger partial charge in [0, 0.05) is 34.5 Å². The van der Waals surface area contributed by atoms with Crippen molar-refractivity contribution in [3.05, 3.63) is 34.3 Å². The first-order chi connectivity index (χ1) is 10.2. The van der Waals surface area contributed by atoms with Crippen molar-refractivity contribution >= 4 is 33.7 Å². The molecule has 1 saturated heterocycles. The monoisotopic (exact) mass is 367 g/mol. The highest BCUT2D eigenvalue weighted by Crippen LogP contribution is 2.44. The third-order valence-electron chi connectivity index (χ3n) is 4.65. The van der Waals surface area contributed by atoms with Gasteiger partial charge in [-0.05, 0) is 30.5 Å². The van der Waals surface area contributed by atoms with Crippen molar-refractivity contribution < 1.29 is 0 Å². The summed E-state index contributed by atoms with van der Waals surface area (Å²) in [5.41, 5.74) is 7.82. The third kappa shape index (κ3) is 3.39. The van der Waals surface area contributed by atoms with Crippen LogP contribution in [-0.4, -0.2) is 42.0 Å². The van der Waals surface area contributed by atoms with Crippen LogP contribution < -0.4 is 5.73 Å². The summed E-state index contributed by atoms with van der Waals surface area (Å²) in [5, 5.41) is 0. The smallest absolute Gasteiger partial charge is 0.191 e. The van der Waals surface area contributed by atoms with Gasteiger partial charge in [0.15, 0.2) is 5.96 Å². The lowest BCUT2D eigenvalue weighted by Crippen LogP contribution is -2.44. The number of nitrogens with zero attached hydrogens (tertiary/aromatic N) is 2. The summed E-state index contributed by atoms with van der Waals surface area (Å²) in [6.45, 7) is 2.89. The van der Waals surface area contributed by atoms with Crippen molar-refractivity contribution in [3.63, 3.8) is 0 Å². The van der Waals surface area contributed by atoms with Crippen LogP contribution in [0.15, 0.2) is 33.7 Å². The average molecular weight is 368 g/mol. The van der Waals surface area contributed by atoms with Crippen molar-refractivity contribution in [2.24, 2.45) is 10.7 Å². The summed E-state index contributed by atoms with van der Waals surface area (Å²) < 4.78 is 1.13. The van der Waals surface area contributed by atoms with Crippen molar-refractivity contribution in [3.8, 4) is 0 Å². The number of nitrogens with two attached hydrogens (primary N) is 1. The number of aliphatic imine (C=N–C) groups is 1. The minimum Gasteiger partial charge on any atom is -0.370 e. The molecule has 1 heterocycles. The second kappa shape index (κ2) is 6.61. The van der Waals surface area contributed by atoms with E-state index in [9.17, 15) is 0 Å². The normalized spacial score (nSPS) is 22.0. The number of thioether (sulfide) groups is 1. The molecule has 2 N–H and O–H groups in total. The van der Waals surface area contributed by atoms with Crippen molar-refractivity contribution in [2.75, 3.05) is 31.1 Å². The highest BCUT2D eigenvalue weighted by Gasteiger charge is 2.38. The van der Waals surface area contributed by atoms with Gasteiger partial charge in [-0.2, -0.15) is 11.8 Å². The van der Waals surface area contributed by atoms with Gasteiger partial charge in [-0.1, -0.05) is 34.5 Å². The summed E-state index contributed by atoms with van der Waals surface area (Å²) in [6, 6.07) is 8.72. The second-order valence-corrected chi connectivity index (χ2v) is 8.06. The molecule has 3 nitrogen and oxygen atoms in total. The molecule has 5 heteroatoms. The lowest BCUT2D eigenvalue weighted by Gasteiger charge is -2.41. The maximum absolute atomic E-state index is 6.20. The molecule has 114 valence electrons. The van der Waals surface area contributed by atoms with E-state index in [1.54, 1.807) is 0 Å². The van der Waals surface area contributed by atoms with E-state index in [1.807, 2.05) is 11.8 Å². The Morgan fingerprint density at radius 3 is 2.48 bits per heavy atom. The molecule has 1 aromatic carbocycles. The average Bonchev–Trinajstić information content (AvgIpc) is 2.48. The van der Waals surface area contributed by atoms with Crippen molar-refractivity contribution in [1.82, 2.24) is 4.90 Å². The van der Waals surface area contributed by atoms with Crippen LogP contribution in [0.25, 0.3) is 0 Å². The molecule has 2 fully saturated rings. The Labute approximate surface area is 139 Å². The Morgan fingerprint density at radius 1 is 1.24 bits per heavy atom. The largest absolute Gasteiger partial charge is 0.370 e. The minimum absolute atomic E-state index is 0.218. The molecule has 1 saturated carbocycles. The van der Waals surface area contributed by atoms with Crippen LogP contribution in [0.1, 0.15) is 24.8 Å². The van der Waals surface area contributed by atoms with Crippen molar-refractivity contribution in [1.29, 1.82) is 0 Å². The quantitative estimate of drug-likeness (QED) is 0.658. The molecular formula is C16H22BrN3S. The van der Waals surface area contributed by atoms with E-state index in [1.165, 1.54) is 24.8 Å². The minimum atomic E-state index is 0.218. The topological polar surface area (TPSA) is 41.6 Å². The molecule has 3 rings (SSSR count). The molecule has 0 aromatic heterocycles. The molecule has 1 aliphatic carbocycles. The summed E-state index contributed by atoms with van der Waals surface area (Å²) in [5.74, 6) is 3.06.